The van der Waals surface area contributed by atoms with Crippen molar-refractivity contribution in [1.82, 2.24) is 5.32 Å². The molecule has 2 atom stereocenters. The predicted molar refractivity (Wildman–Crippen MR) is 75.0 cm³/mol. The van der Waals surface area contributed by atoms with E-state index >= 15 is 0 Å². The minimum atomic E-state index is -0.502. The monoisotopic (exact) mass is 271 g/mol. The van der Waals surface area contributed by atoms with Crippen LogP contribution >= 0.6 is 11.6 Å². The van der Waals surface area contributed by atoms with Gasteiger partial charge in [0.2, 0.25) is 0 Å². The van der Waals surface area contributed by atoms with Gasteiger partial charge in [-0.15, -0.1) is 0 Å². The second-order valence-electron chi connectivity index (χ2n) is 4.69. The van der Waals surface area contributed by atoms with Crippen molar-refractivity contribution in [3.05, 3.63) is 34.9 Å². The van der Waals surface area contributed by atoms with Gasteiger partial charge in [0.1, 0.15) is 0 Å². The topological polar surface area (TPSA) is 41.5 Å². The van der Waals surface area contributed by atoms with E-state index in [-0.39, 0.29) is 12.1 Å². The second kappa shape index (κ2) is 7.74. The quantitative estimate of drug-likeness (QED) is 0.801. The summed E-state index contributed by atoms with van der Waals surface area (Å²) in [6, 6.07) is 7.82. The Morgan fingerprint density at radius 3 is 2.56 bits per heavy atom. The van der Waals surface area contributed by atoms with Gasteiger partial charge < -0.3 is 15.2 Å². The van der Waals surface area contributed by atoms with E-state index in [2.05, 4.69) is 5.32 Å². The molecule has 1 aromatic rings. The SMILES string of the molecule is CC(C)OCC(O)CNC(C)c1ccccc1Cl. The molecule has 4 heteroatoms. The Bertz CT molecular complexity index is 357. The van der Waals surface area contributed by atoms with Crippen LogP contribution in [0.4, 0.5) is 0 Å². The van der Waals surface area contributed by atoms with E-state index in [4.69, 9.17) is 16.3 Å². The highest BCUT2D eigenvalue weighted by atomic mass is 35.5. The van der Waals surface area contributed by atoms with Crippen molar-refractivity contribution in [1.29, 1.82) is 0 Å². The molecule has 1 aromatic carbocycles. The molecule has 0 aliphatic rings. The summed E-state index contributed by atoms with van der Waals surface area (Å²) in [4.78, 5) is 0. The number of aliphatic hydroxyl groups is 1. The minimum Gasteiger partial charge on any atom is -0.389 e. The largest absolute Gasteiger partial charge is 0.389 e. The van der Waals surface area contributed by atoms with Crippen molar-refractivity contribution < 1.29 is 9.84 Å². The van der Waals surface area contributed by atoms with Gasteiger partial charge in [-0.2, -0.15) is 0 Å². The van der Waals surface area contributed by atoms with Crippen LogP contribution in [0, 0.1) is 0 Å². The Morgan fingerprint density at radius 1 is 1.28 bits per heavy atom. The van der Waals surface area contributed by atoms with Crippen LogP contribution < -0.4 is 5.32 Å². The van der Waals surface area contributed by atoms with Crippen molar-refractivity contribution in [3.63, 3.8) is 0 Å². The predicted octanol–water partition coefficient (Wildman–Crippen LogP) is 2.78. The molecule has 1 rings (SSSR count). The van der Waals surface area contributed by atoms with Crippen LogP contribution in [0.3, 0.4) is 0 Å². The molecule has 0 fully saturated rings. The summed E-state index contributed by atoms with van der Waals surface area (Å²) in [6.45, 7) is 6.76. The van der Waals surface area contributed by atoms with Crippen molar-refractivity contribution in [2.75, 3.05) is 13.2 Å². The van der Waals surface area contributed by atoms with E-state index in [0.29, 0.717) is 13.2 Å². The highest BCUT2D eigenvalue weighted by molar-refractivity contribution is 6.31. The van der Waals surface area contributed by atoms with Crippen molar-refractivity contribution in [2.45, 2.75) is 39.0 Å². The lowest BCUT2D eigenvalue weighted by molar-refractivity contribution is 0.00561. The van der Waals surface area contributed by atoms with Crippen LogP contribution in [0.25, 0.3) is 0 Å². The fourth-order valence-electron chi connectivity index (χ4n) is 1.61. The maximum atomic E-state index is 9.74. The molecule has 102 valence electrons. The van der Waals surface area contributed by atoms with E-state index in [1.54, 1.807) is 0 Å². The van der Waals surface area contributed by atoms with Gasteiger partial charge in [0, 0.05) is 17.6 Å². The molecule has 3 nitrogen and oxygen atoms in total. The molecule has 18 heavy (non-hydrogen) atoms. The lowest BCUT2D eigenvalue weighted by Crippen LogP contribution is -2.32. The normalized spacial score (nSPS) is 14.8. The van der Waals surface area contributed by atoms with E-state index in [0.717, 1.165) is 10.6 Å². The number of ether oxygens (including phenoxy) is 1. The average molecular weight is 272 g/mol. The summed E-state index contributed by atoms with van der Waals surface area (Å²) < 4.78 is 5.35. The van der Waals surface area contributed by atoms with Crippen LogP contribution in [0.1, 0.15) is 32.4 Å². The maximum Gasteiger partial charge on any atom is 0.0898 e. The summed E-state index contributed by atoms with van der Waals surface area (Å²) >= 11 is 6.11. The van der Waals surface area contributed by atoms with Crippen LogP contribution in [0.5, 0.6) is 0 Å². The van der Waals surface area contributed by atoms with Gasteiger partial charge >= 0.3 is 0 Å². The Kier molecular flexibility index (Phi) is 6.65. The second-order valence-corrected chi connectivity index (χ2v) is 5.09. The summed E-state index contributed by atoms with van der Waals surface area (Å²) in [5.74, 6) is 0. The van der Waals surface area contributed by atoms with Crippen molar-refractivity contribution in [2.24, 2.45) is 0 Å². The van der Waals surface area contributed by atoms with Gasteiger partial charge in [0.25, 0.3) is 0 Å². The number of aliphatic hydroxyl groups excluding tert-OH is 1. The third-order valence-corrected chi connectivity index (χ3v) is 3.00. The molecule has 0 bridgehead atoms. The standard InChI is InChI=1S/C14H22ClNO2/c1-10(2)18-9-12(17)8-16-11(3)13-6-4-5-7-14(13)15/h4-7,10-12,16-17H,8-9H2,1-3H3. The molecule has 0 saturated carbocycles. The molecule has 0 aromatic heterocycles. The summed E-state index contributed by atoms with van der Waals surface area (Å²) in [7, 11) is 0. The van der Waals surface area contributed by atoms with E-state index in [9.17, 15) is 5.11 Å². The van der Waals surface area contributed by atoms with Gasteiger partial charge in [0.05, 0.1) is 18.8 Å². The highest BCUT2D eigenvalue weighted by Crippen LogP contribution is 2.21. The Balaban J connectivity index is 2.37. The zero-order valence-electron chi connectivity index (χ0n) is 11.2. The lowest BCUT2D eigenvalue weighted by Gasteiger charge is -2.19. The Morgan fingerprint density at radius 2 is 1.94 bits per heavy atom. The number of hydrogen-bond donors (Lipinski definition) is 2. The molecular weight excluding hydrogens is 250 g/mol. The van der Waals surface area contributed by atoms with Crippen LogP contribution in [-0.2, 0) is 4.74 Å². The Labute approximate surface area is 114 Å². The smallest absolute Gasteiger partial charge is 0.0898 e. The molecule has 0 heterocycles. The van der Waals surface area contributed by atoms with Gasteiger partial charge in [-0.1, -0.05) is 29.8 Å². The molecule has 0 saturated heterocycles. The number of benzene rings is 1. The number of rotatable bonds is 7. The van der Waals surface area contributed by atoms with Gasteiger partial charge in [0.15, 0.2) is 0 Å². The Hall–Kier alpha value is -0.610. The first-order valence-electron chi connectivity index (χ1n) is 6.28. The van der Waals surface area contributed by atoms with Gasteiger partial charge in [-0.05, 0) is 32.4 Å². The first-order chi connectivity index (χ1) is 8.50. The van der Waals surface area contributed by atoms with E-state index in [1.165, 1.54) is 0 Å². The third-order valence-electron chi connectivity index (χ3n) is 2.65. The molecule has 2 N–H and O–H groups in total. The molecule has 0 aliphatic heterocycles. The summed E-state index contributed by atoms with van der Waals surface area (Å²) in [5, 5.41) is 13.7. The van der Waals surface area contributed by atoms with E-state index < -0.39 is 6.10 Å². The first-order valence-corrected chi connectivity index (χ1v) is 6.66. The zero-order valence-corrected chi connectivity index (χ0v) is 11.9. The first kappa shape index (κ1) is 15.4. The molecular formula is C14H22ClNO2. The fourth-order valence-corrected chi connectivity index (χ4v) is 1.91. The number of halogens is 1. The van der Waals surface area contributed by atoms with E-state index in [1.807, 2.05) is 45.0 Å². The minimum absolute atomic E-state index is 0.104. The third kappa shape index (κ3) is 5.36. The highest BCUT2D eigenvalue weighted by Gasteiger charge is 2.11. The summed E-state index contributed by atoms with van der Waals surface area (Å²) in [6.07, 6.45) is -0.363. The van der Waals surface area contributed by atoms with Crippen molar-refractivity contribution >= 4 is 11.6 Å². The zero-order chi connectivity index (χ0) is 13.5. The molecule has 0 radical (unpaired) electrons. The van der Waals surface area contributed by atoms with Crippen LogP contribution in [0.2, 0.25) is 5.02 Å². The van der Waals surface area contributed by atoms with Gasteiger partial charge in [-0.3, -0.25) is 0 Å². The van der Waals surface area contributed by atoms with Crippen LogP contribution in [-0.4, -0.2) is 30.5 Å². The van der Waals surface area contributed by atoms with Crippen LogP contribution in [0.15, 0.2) is 24.3 Å². The van der Waals surface area contributed by atoms with Gasteiger partial charge in [-0.25, -0.2) is 0 Å². The number of nitrogens with one attached hydrogen (secondary N) is 1. The molecule has 0 spiro atoms. The molecule has 0 amide bonds. The summed E-state index contributed by atoms with van der Waals surface area (Å²) in [5.41, 5.74) is 1.04. The number of hydrogen-bond acceptors (Lipinski definition) is 3. The molecule has 2 unspecified atom stereocenters. The maximum absolute atomic E-state index is 9.74. The van der Waals surface area contributed by atoms with Crippen molar-refractivity contribution in [3.8, 4) is 0 Å². The fraction of sp³-hybridized carbons (Fsp3) is 0.571. The lowest BCUT2D eigenvalue weighted by atomic mass is 10.1. The molecule has 0 aliphatic carbocycles. The average Bonchev–Trinajstić information content (AvgIpc) is 2.34.